The Balaban J connectivity index is 1.99. The van der Waals surface area contributed by atoms with Gasteiger partial charge in [-0.15, -0.1) is 0 Å². The van der Waals surface area contributed by atoms with Gasteiger partial charge in [0.05, 0.1) is 13.7 Å². The van der Waals surface area contributed by atoms with Crippen molar-refractivity contribution >= 4 is 5.91 Å². The molecule has 1 aliphatic carbocycles. The molecule has 1 saturated carbocycles. The second-order valence-electron chi connectivity index (χ2n) is 5.52. The zero-order chi connectivity index (χ0) is 15.8. The highest BCUT2D eigenvalue weighted by molar-refractivity contribution is 5.95. The van der Waals surface area contributed by atoms with E-state index >= 15 is 0 Å². The average Bonchev–Trinajstić information content (AvgIpc) is 3.04. The van der Waals surface area contributed by atoms with Crippen LogP contribution in [0.15, 0.2) is 18.2 Å². The van der Waals surface area contributed by atoms with Crippen LogP contribution < -0.4 is 14.8 Å². The number of hydrogen-bond acceptors (Lipinski definition) is 4. The van der Waals surface area contributed by atoms with E-state index in [2.05, 4.69) is 5.32 Å². The molecule has 1 N–H and O–H groups in total. The predicted molar refractivity (Wildman–Crippen MR) is 84.7 cm³/mol. The van der Waals surface area contributed by atoms with E-state index in [1.165, 1.54) is 12.8 Å². The van der Waals surface area contributed by atoms with Crippen molar-refractivity contribution in [1.82, 2.24) is 5.32 Å². The van der Waals surface area contributed by atoms with Crippen LogP contribution in [0.3, 0.4) is 0 Å². The molecule has 0 heterocycles. The summed E-state index contributed by atoms with van der Waals surface area (Å²) in [6, 6.07) is 5.59. The number of rotatable bonds is 8. The molecular weight excluding hydrogens is 282 g/mol. The van der Waals surface area contributed by atoms with Crippen molar-refractivity contribution in [3.8, 4) is 11.5 Å². The second-order valence-corrected chi connectivity index (χ2v) is 5.52. The van der Waals surface area contributed by atoms with Gasteiger partial charge in [0.25, 0.3) is 5.91 Å². The second kappa shape index (κ2) is 8.63. The van der Waals surface area contributed by atoms with Gasteiger partial charge in [0.2, 0.25) is 0 Å². The molecule has 22 heavy (non-hydrogen) atoms. The first-order valence-corrected chi connectivity index (χ1v) is 7.85. The maximum atomic E-state index is 12.3. The van der Waals surface area contributed by atoms with E-state index in [1.807, 2.05) is 0 Å². The third-order valence-electron chi connectivity index (χ3n) is 3.87. The van der Waals surface area contributed by atoms with Gasteiger partial charge in [-0.1, -0.05) is 12.8 Å². The number of carbonyl (C=O) groups is 1. The summed E-state index contributed by atoms with van der Waals surface area (Å²) in [4.78, 5) is 12.3. The van der Waals surface area contributed by atoms with Gasteiger partial charge in [0, 0.05) is 31.7 Å². The van der Waals surface area contributed by atoms with Crippen LogP contribution >= 0.6 is 0 Å². The number of hydrogen-bond donors (Lipinski definition) is 1. The maximum Gasteiger partial charge on any atom is 0.251 e. The highest BCUT2D eigenvalue weighted by Gasteiger charge is 2.19. The first-order chi connectivity index (χ1) is 10.7. The molecule has 1 aliphatic rings. The van der Waals surface area contributed by atoms with Crippen molar-refractivity contribution in [3.63, 3.8) is 0 Å². The number of methoxy groups -OCH3 is 2. The Morgan fingerprint density at radius 3 is 2.64 bits per heavy atom. The van der Waals surface area contributed by atoms with E-state index in [9.17, 15) is 4.79 Å². The van der Waals surface area contributed by atoms with Crippen LogP contribution in [0.25, 0.3) is 0 Å². The van der Waals surface area contributed by atoms with Crippen LogP contribution in [0.2, 0.25) is 0 Å². The molecule has 122 valence electrons. The lowest BCUT2D eigenvalue weighted by Gasteiger charge is -2.14. The van der Waals surface area contributed by atoms with Crippen LogP contribution in [-0.2, 0) is 4.74 Å². The lowest BCUT2D eigenvalue weighted by atomic mass is 10.1. The van der Waals surface area contributed by atoms with Gasteiger partial charge in [-0.05, 0) is 31.0 Å². The minimum atomic E-state index is -0.0451. The van der Waals surface area contributed by atoms with Gasteiger partial charge in [0.15, 0.2) is 11.5 Å². The monoisotopic (exact) mass is 307 g/mol. The van der Waals surface area contributed by atoms with Crippen molar-refractivity contribution in [2.45, 2.75) is 38.1 Å². The zero-order valence-corrected chi connectivity index (χ0v) is 13.4. The fourth-order valence-electron chi connectivity index (χ4n) is 2.66. The summed E-state index contributed by atoms with van der Waals surface area (Å²) in [5.41, 5.74) is 0.606. The Kier molecular flexibility index (Phi) is 6.52. The van der Waals surface area contributed by atoms with Crippen LogP contribution in [-0.4, -0.2) is 39.4 Å². The SMILES string of the molecule is COCCCOc1cc(C(=O)NC2CCCC2)ccc1OC. The number of benzene rings is 1. The van der Waals surface area contributed by atoms with Crippen molar-refractivity contribution in [2.24, 2.45) is 0 Å². The normalized spacial score (nSPS) is 14.8. The standard InChI is InChI=1S/C17H25NO4/c1-20-10-5-11-22-16-12-13(8-9-15(16)21-2)17(19)18-14-6-3-4-7-14/h8-9,12,14H,3-7,10-11H2,1-2H3,(H,18,19). The minimum Gasteiger partial charge on any atom is -0.493 e. The van der Waals surface area contributed by atoms with Gasteiger partial charge >= 0.3 is 0 Å². The van der Waals surface area contributed by atoms with E-state index in [1.54, 1.807) is 32.4 Å². The molecule has 1 aromatic carbocycles. The van der Waals surface area contributed by atoms with E-state index in [0.717, 1.165) is 19.3 Å². The van der Waals surface area contributed by atoms with Gasteiger partial charge < -0.3 is 19.5 Å². The number of nitrogens with one attached hydrogen (secondary N) is 1. The molecule has 0 unspecified atom stereocenters. The molecule has 0 atom stereocenters. The summed E-state index contributed by atoms with van der Waals surface area (Å²) < 4.78 is 16.0. The molecule has 5 heteroatoms. The van der Waals surface area contributed by atoms with Gasteiger partial charge in [-0.25, -0.2) is 0 Å². The van der Waals surface area contributed by atoms with E-state index in [0.29, 0.717) is 36.3 Å². The van der Waals surface area contributed by atoms with Crippen molar-refractivity contribution in [2.75, 3.05) is 27.4 Å². The third kappa shape index (κ3) is 4.63. The first kappa shape index (κ1) is 16.6. The Bertz CT molecular complexity index is 484. The van der Waals surface area contributed by atoms with Crippen molar-refractivity contribution in [3.05, 3.63) is 23.8 Å². The topological polar surface area (TPSA) is 56.8 Å². The summed E-state index contributed by atoms with van der Waals surface area (Å²) >= 11 is 0. The molecule has 0 radical (unpaired) electrons. The maximum absolute atomic E-state index is 12.3. The molecule has 0 spiro atoms. The number of carbonyl (C=O) groups excluding carboxylic acids is 1. The largest absolute Gasteiger partial charge is 0.493 e. The molecule has 1 amide bonds. The Hall–Kier alpha value is -1.75. The summed E-state index contributed by atoms with van der Waals surface area (Å²) in [5.74, 6) is 1.18. The minimum absolute atomic E-state index is 0.0451. The van der Waals surface area contributed by atoms with Gasteiger partial charge in [-0.2, -0.15) is 0 Å². The van der Waals surface area contributed by atoms with Gasteiger partial charge in [-0.3, -0.25) is 4.79 Å². The number of amides is 1. The fraction of sp³-hybridized carbons (Fsp3) is 0.588. The summed E-state index contributed by atoms with van der Waals surface area (Å²) in [6.07, 6.45) is 5.32. The Morgan fingerprint density at radius 1 is 1.18 bits per heavy atom. The molecule has 0 saturated heterocycles. The van der Waals surface area contributed by atoms with Crippen molar-refractivity contribution in [1.29, 1.82) is 0 Å². The van der Waals surface area contributed by atoms with Crippen LogP contribution in [0.5, 0.6) is 11.5 Å². The Morgan fingerprint density at radius 2 is 1.95 bits per heavy atom. The van der Waals surface area contributed by atoms with Gasteiger partial charge in [0.1, 0.15) is 0 Å². The molecular formula is C17H25NO4. The fourth-order valence-corrected chi connectivity index (χ4v) is 2.66. The lowest BCUT2D eigenvalue weighted by molar-refractivity contribution is 0.0937. The van der Waals surface area contributed by atoms with Crippen LogP contribution in [0, 0.1) is 0 Å². The van der Waals surface area contributed by atoms with E-state index in [4.69, 9.17) is 14.2 Å². The molecule has 0 aliphatic heterocycles. The number of ether oxygens (including phenoxy) is 3. The summed E-state index contributed by atoms with van der Waals surface area (Å²) in [5, 5.41) is 3.08. The molecule has 5 nitrogen and oxygen atoms in total. The van der Waals surface area contributed by atoms with Crippen molar-refractivity contribution < 1.29 is 19.0 Å². The summed E-state index contributed by atoms with van der Waals surface area (Å²) in [6.45, 7) is 1.17. The quantitative estimate of drug-likeness (QED) is 0.750. The highest BCUT2D eigenvalue weighted by atomic mass is 16.5. The zero-order valence-electron chi connectivity index (χ0n) is 13.4. The van der Waals surface area contributed by atoms with Crippen LogP contribution in [0.1, 0.15) is 42.5 Å². The molecule has 1 aromatic rings. The van der Waals surface area contributed by atoms with E-state index in [-0.39, 0.29) is 5.91 Å². The molecule has 1 fully saturated rings. The molecule has 0 aromatic heterocycles. The smallest absolute Gasteiger partial charge is 0.251 e. The lowest BCUT2D eigenvalue weighted by Crippen LogP contribution is -2.32. The highest BCUT2D eigenvalue weighted by Crippen LogP contribution is 2.28. The molecule has 0 bridgehead atoms. The van der Waals surface area contributed by atoms with E-state index < -0.39 is 0 Å². The predicted octanol–water partition coefficient (Wildman–Crippen LogP) is 2.78. The average molecular weight is 307 g/mol. The Labute approximate surface area is 131 Å². The van der Waals surface area contributed by atoms with Crippen LogP contribution in [0.4, 0.5) is 0 Å². The summed E-state index contributed by atoms with van der Waals surface area (Å²) in [7, 11) is 3.25. The third-order valence-corrected chi connectivity index (χ3v) is 3.87. The molecule has 2 rings (SSSR count). The first-order valence-electron chi connectivity index (χ1n) is 7.85.